The first kappa shape index (κ1) is 14.9. The molecule has 1 aromatic carbocycles. The molecule has 0 aliphatic rings. The maximum atomic E-state index is 10.8. The third-order valence-corrected chi connectivity index (χ3v) is 3.88. The van der Waals surface area contributed by atoms with Crippen LogP contribution in [0, 0.1) is 17.0 Å². The van der Waals surface area contributed by atoms with Gasteiger partial charge < -0.3 is 5.32 Å². The molecule has 20 heavy (non-hydrogen) atoms. The first-order chi connectivity index (χ1) is 9.47. The van der Waals surface area contributed by atoms with E-state index in [0.29, 0.717) is 6.54 Å². The number of non-ortho nitro benzene ring substituents is 1. The van der Waals surface area contributed by atoms with Gasteiger partial charge in [0, 0.05) is 33.0 Å². The third kappa shape index (κ3) is 3.55. The van der Waals surface area contributed by atoms with Gasteiger partial charge in [-0.3, -0.25) is 15.1 Å². The number of nitro benzene ring substituents is 1. The Bertz CT molecular complexity index is 662. The van der Waals surface area contributed by atoms with Gasteiger partial charge in [0.1, 0.15) is 0 Å². The molecule has 0 radical (unpaired) electrons. The van der Waals surface area contributed by atoms with Crippen molar-refractivity contribution in [3.63, 3.8) is 0 Å². The zero-order valence-electron chi connectivity index (χ0n) is 10.6. The van der Waals surface area contributed by atoms with Gasteiger partial charge in [-0.1, -0.05) is 6.07 Å². The molecule has 0 bridgehead atoms. The van der Waals surface area contributed by atoms with Crippen LogP contribution in [0.3, 0.4) is 0 Å². The summed E-state index contributed by atoms with van der Waals surface area (Å²) in [5, 5.41) is 14.0. The molecule has 0 saturated carbocycles. The number of benzene rings is 1. The van der Waals surface area contributed by atoms with Crippen LogP contribution in [0.5, 0.6) is 0 Å². The van der Waals surface area contributed by atoms with Crippen LogP contribution in [-0.4, -0.2) is 9.91 Å². The summed E-state index contributed by atoms with van der Waals surface area (Å²) in [5.74, 6) is 0. The second kappa shape index (κ2) is 6.32. The van der Waals surface area contributed by atoms with E-state index in [2.05, 4.69) is 42.2 Å². The van der Waals surface area contributed by atoms with Crippen molar-refractivity contribution < 1.29 is 4.92 Å². The number of hydrogen-bond acceptors (Lipinski definition) is 4. The molecule has 7 heteroatoms. The van der Waals surface area contributed by atoms with E-state index in [0.717, 1.165) is 25.9 Å². The highest BCUT2D eigenvalue weighted by Crippen LogP contribution is 2.24. The van der Waals surface area contributed by atoms with Gasteiger partial charge in [0.2, 0.25) is 0 Å². The molecule has 0 atom stereocenters. The van der Waals surface area contributed by atoms with Crippen molar-refractivity contribution in [2.24, 2.45) is 0 Å². The highest BCUT2D eigenvalue weighted by molar-refractivity contribution is 9.11. The number of nitrogens with zero attached hydrogens (tertiary/aromatic N) is 2. The van der Waals surface area contributed by atoms with Crippen LogP contribution in [0.15, 0.2) is 39.4 Å². The predicted molar refractivity (Wildman–Crippen MR) is 84.8 cm³/mol. The Labute approximate surface area is 132 Å². The van der Waals surface area contributed by atoms with Crippen LogP contribution < -0.4 is 5.32 Å². The van der Waals surface area contributed by atoms with E-state index in [-0.39, 0.29) is 5.69 Å². The van der Waals surface area contributed by atoms with Crippen molar-refractivity contribution in [2.75, 3.05) is 5.32 Å². The number of aryl methyl sites for hydroxylation is 1. The number of anilines is 1. The van der Waals surface area contributed by atoms with Crippen LogP contribution in [0.4, 0.5) is 11.4 Å². The maximum Gasteiger partial charge on any atom is 0.271 e. The lowest BCUT2D eigenvalue weighted by atomic mass is 10.2. The maximum absolute atomic E-state index is 10.8. The molecule has 2 aromatic rings. The van der Waals surface area contributed by atoms with Crippen LogP contribution in [0.2, 0.25) is 0 Å². The first-order valence-corrected chi connectivity index (χ1v) is 7.35. The Kier molecular flexibility index (Phi) is 4.72. The Morgan fingerprint density at radius 3 is 2.75 bits per heavy atom. The fourth-order valence-corrected chi connectivity index (χ4v) is 2.79. The van der Waals surface area contributed by atoms with E-state index in [9.17, 15) is 10.1 Å². The summed E-state index contributed by atoms with van der Waals surface area (Å²) < 4.78 is 1.77. The van der Waals surface area contributed by atoms with Gasteiger partial charge in [0.05, 0.1) is 17.2 Å². The molecule has 1 heterocycles. The van der Waals surface area contributed by atoms with E-state index in [1.54, 1.807) is 12.3 Å². The van der Waals surface area contributed by atoms with Crippen molar-refractivity contribution in [1.29, 1.82) is 0 Å². The largest absolute Gasteiger partial charge is 0.379 e. The molecule has 2 rings (SSSR count). The Morgan fingerprint density at radius 1 is 1.35 bits per heavy atom. The lowest BCUT2D eigenvalue weighted by Gasteiger charge is -2.10. The van der Waals surface area contributed by atoms with Crippen molar-refractivity contribution >= 4 is 43.2 Å². The number of nitro groups is 1. The highest BCUT2D eigenvalue weighted by atomic mass is 79.9. The molecule has 104 valence electrons. The molecule has 0 spiro atoms. The molecule has 1 N–H and O–H groups in total. The molecule has 0 amide bonds. The van der Waals surface area contributed by atoms with E-state index >= 15 is 0 Å². The van der Waals surface area contributed by atoms with E-state index < -0.39 is 4.92 Å². The molecule has 1 aromatic heterocycles. The quantitative estimate of drug-likeness (QED) is 0.608. The first-order valence-electron chi connectivity index (χ1n) is 5.76. The summed E-state index contributed by atoms with van der Waals surface area (Å²) in [6, 6.07) is 6.66. The van der Waals surface area contributed by atoms with E-state index in [4.69, 9.17) is 0 Å². The lowest BCUT2D eigenvalue weighted by molar-refractivity contribution is -0.384. The molecule has 0 aliphatic carbocycles. The van der Waals surface area contributed by atoms with Crippen LogP contribution in [0.1, 0.15) is 11.3 Å². The van der Waals surface area contributed by atoms with E-state index in [1.165, 1.54) is 12.1 Å². The van der Waals surface area contributed by atoms with Crippen molar-refractivity contribution in [3.8, 4) is 0 Å². The Morgan fingerprint density at radius 2 is 2.10 bits per heavy atom. The number of pyridine rings is 1. The minimum atomic E-state index is -0.404. The fourth-order valence-electron chi connectivity index (χ4n) is 1.67. The second-order valence-electron chi connectivity index (χ2n) is 4.19. The highest BCUT2D eigenvalue weighted by Gasteiger charge is 2.09. The van der Waals surface area contributed by atoms with Gasteiger partial charge in [-0.2, -0.15) is 0 Å². The number of hydrogen-bond donors (Lipinski definition) is 1. The normalized spacial score (nSPS) is 10.3. The molecule has 0 fully saturated rings. The van der Waals surface area contributed by atoms with Crippen molar-refractivity contribution in [3.05, 3.63) is 60.8 Å². The van der Waals surface area contributed by atoms with Gasteiger partial charge in [-0.15, -0.1) is 0 Å². The third-order valence-electron chi connectivity index (χ3n) is 2.76. The average molecular weight is 401 g/mol. The van der Waals surface area contributed by atoms with E-state index in [1.807, 2.05) is 13.0 Å². The van der Waals surface area contributed by atoms with Gasteiger partial charge in [0.25, 0.3) is 5.69 Å². The summed E-state index contributed by atoms with van der Waals surface area (Å²) in [4.78, 5) is 14.7. The fraction of sp³-hybridized carbons (Fsp3) is 0.154. The Hall–Kier alpha value is -1.47. The Balaban J connectivity index is 2.18. The standard InChI is InChI=1S/C13H11Br2N3O2/c1-8-2-3-10(18(19)20)5-12(8)17-7-13-11(15)4-9(14)6-16-13/h2-6,17H,7H2,1H3. The number of nitrogens with one attached hydrogen (secondary N) is 1. The number of halogens is 2. The summed E-state index contributed by atoms with van der Waals surface area (Å²) in [6.07, 6.45) is 1.71. The molecule has 0 saturated heterocycles. The zero-order chi connectivity index (χ0) is 14.7. The average Bonchev–Trinajstić information content (AvgIpc) is 2.39. The summed E-state index contributed by atoms with van der Waals surface area (Å²) in [5.41, 5.74) is 2.58. The minimum absolute atomic E-state index is 0.0703. The van der Waals surface area contributed by atoms with Crippen molar-refractivity contribution in [1.82, 2.24) is 4.98 Å². The molecule has 0 unspecified atom stereocenters. The second-order valence-corrected chi connectivity index (χ2v) is 5.96. The summed E-state index contributed by atoms with van der Waals surface area (Å²) in [7, 11) is 0. The molecular weight excluding hydrogens is 390 g/mol. The van der Waals surface area contributed by atoms with Crippen LogP contribution >= 0.6 is 31.9 Å². The minimum Gasteiger partial charge on any atom is -0.379 e. The van der Waals surface area contributed by atoms with Crippen LogP contribution in [-0.2, 0) is 6.54 Å². The van der Waals surface area contributed by atoms with Gasteiger partial charge in [-0.05, 0) is 50.4 Å². The number of aromatic nitrogens is 1. The predicted octanol–water partition coefficient (Wildman–Crippen LogP) is 4.44. The SMILES string of the molecule is Cc1ccc([N+](=O)[O-])cc1NCc1ncc(Br)cc1Br. The lowest BCUT2D eigenvalue weighted by Crippen LogP contribution is -2.04. The molecule has 5 nitrogen and oxygen atoms in total. The zero-order valence-corrected chi connectivity index (χ0v) is 13.7. The topological polar surface area (TPSA) is 68.1 Å². The summed E-state index contributed by atoms with van der Waals surface area (Å²) in [6.45, 7) is 2.38. The summed E-state index contributed by atoms with van der Waals surface area (Å²) >= 11 is 6.78. The van der Waals surface area contributed by atoms with Gasteiger partial charge in [-0.25, -0.2) is 0 Å². The number of rotatable bonds is 4. The van der Waals surface area contributed by atoms with Gasteiger partial charge in [0.15, 0.2) is 0 Å². The molecular formula is C13H11Br2N3O2. The van der Waals surface area contributed by atoms with Gasteiger partial charge >= 0.3 is 0 Å². The van der Waals surface area contributed by atoms with Crippen molar-refractivity contribution in [2.45, 2.75) is 13.5 Å². The smallest absolute Gasteiger partial charge is 0.271 e. The molecule has 0 aliphatic heterocycles. The monoisotopic (exact) mass is 399 g/mol. The van der Waals surface area contributed by atoms with Crippen LogP contribution in [0.25, 0.3) is 0 Å².